The molecule has 0 atom stereocenters. The molecule has 0 spiro atoms. The van der Waals surface area contributed by atoms with E-state index < -0.39 is 0 Å². The van der Waals surface area contributed by atoms with Gasteiger partial charge in [0.2, 0.25) is 0 Å². The molecule has 1 saturated heterocycles. The van der Waals surface area contributed by atoms with Crippen LogP contribution in [0.5, 0.6) is 0 Å². The number of hydrogen-bond acceptors (Lipinski definition) is 2. The Morgan fingerprint density at radius 3 is 2.06 bits per heavy atom. The van der Waals surface area contributed by atoms with Gasteiger partial charge in [0.05, 0.1) is 0 Å². The molecule has 106 valence electrons. The smallest absolute Gasteiger partial charge is 0.0110 e. The van der Waals surface area contributed by atoms with E-state index in [1.54, 1.807) is 0 Å². The maximum atomic E-state index is 3.59. The molecule has 1 aliphatic carbocycles. The second-order valence-corrected chi connectivity index (χ2v) is 6.20. The first kappa shape index (κ1) is 14.3. The van der Waals surface area contributed by atoms with Gasteiger partial charge in [-0.05, 0) is 38.8 Å². The van der Waals surface area contributed by atoms with Gasteiger partial charge in [-0.1, -0.05) is 44.9 Å². The Labute approximate surface area is 114 Å². The third-order valence-corrected chi connectivity index (χ3v) is 4.72. The van der Waals surface area contributed by atoms with Crippen LogP contribution in [0.1, 0.15) is 70.6 Å². The van der Waals surface area contributed by atoms with Crippen LogP contribution in [-0.2, 0) is 0 Å². The Hall–Kier alpha value is -0.0800. The van der Waals surface area contributed by atoms with Crippen molar-refractivity contribution in [2.24, 2.45) is 0 Å². The summed E-state index contributed by atoms with van der Waals surface area (Å²) in [5, 5.41) is 3.59. The lowest BCUT2D eigenvalue weighted by Gasteiger charge is -2.31. The van der Waals surface area contributed by atoms with Crippen LogP contribution in [0.2, 0.25) is 0 Å². The van der Waals surface area contributed by atoms with E-state index in [0.717, 1.165) is 6.04 Å². The second kappa shape index (κ2) is 8.92. The number of nitrogens with zero attached hydrogens (tertiary/aromatic N) is 1. The van der Waals surface area contributed by atoms with Gasteiger partial charge in [-0.15, -0.1) is 0 Å². The maximum absolute atomic E-state index is 3.59. The van der Waals surface area contributed by atoms with Crippen molar-refractivity contribution in [3.63, 3.8) is 0 Å². The van der Waals surface area contributed by atoms with Crippen LogP contribution in [-0.4, -0.2) is 37.1 Å². The molecule has 0 aromatic rings. The Kier molecular flexibility index (Phi) is 7.11. The lowest BCUT2D eigenvalue weighted by Crippen LogP contribution is -2.40. The molecule has 0 amide bonds. The molecule has 2 aliphatic rings. The zero-order valence-corrected chi connectivity index (χ0v) is 12.1. The average molecular weight is 252 g/mol. The summed E-state index contributed by atoms with van der Waals surface area (Å²) in [6, 6.07) is 0.892. The highest BCUT2D eigenvalue weighted by Gasteiger charge is 2.18. The Morgan fingerprint density at radius 2 is 1.28 bits per heavy atom. The zero-order chi connectivity index (χ0) is 12.5. The quantitative estimate of drug-likeness (QED) is 0.767. The van der Waals surface area contributed by atoms with Crippen molar-refractivity contribution >= 4 is 0 Å². The summed E-state index contributed by atoms with van der Waals surface area (Å²) in [7, 11) is 0. The monoisotopic (exact) mass is 252 g/mol. The number of hydrogen-bond donors (Lipinski definition) is 1. The van der Waals surface area contributed by atoms with Crippen LogP contribution in [0, 0.1) is 0 Å². The second-order valence-electron chi connectivity index (χ2n) is 6.20. The maximum Gasteiger partial charge on any atom is 0.0110 e. The summed E-state index contributed by atoms with van der Waals surface area (Å²) < 4.78 is 0. The van der Waals surface area contributed by atoms with Crippen LogP contribution < -0.4 is 5.32 Å². The molecule has 2 fully saturated rings. The number of rotatable bonds is 1. The van der Waals surface area contributed by atoms with Gasteiger partial charge in [0.15, 0.2) is 0 Å². The van der Waals surface area contributed by atoms with E-state index in [-0.39, 0.29) is 0 Å². The van der Waals surface area contributed by atoms with E-state index in [2.05, 4.69) is 10.2 Å². The minimum Gasteiger partial charge on any atom is -0.315 e. The SMILES string of the molecule is C1CCCCC(N2CCCCCNCC2)CCC1. The highest BCUT2D eigenvalue weighted by atomic mass is 15.2. The van der Waals surface area contributed by atoms with Gasteiger partial charge >= 0.3 is 0 Å². The van der Waals surface area contributed by atoms with Crippen LogP contribution in [0.15, 0.2) is 0 Å². The summed E-state index contributed by atoms with van der Waals surface area (Å²) in [5.41, 5.74) is 0. The fraction of sp³-hybridized carbons (Fsp3) is 1.00. The van der Waals surface area contributed by atoms with E-state index in [4.69, 9.17) is 0 Å². The summed E-state index contributed by atoms with van der Waals surface area (Å²) in [6.45, 7) is 5.08. The molecule has 0 aromatic carbocycles. The number of nitrogens with one attached hydrogen (secondary N) is 1. The van der Waals surface area contributed by atoms with Crippen LogP contribution in [0.4, 0.5) is 0 Å². The van der Waals surface area contributed by atoms with Gasteiger partial charge in [-0.3, -0.25) is 4.90 Å². The molecular weight excluding hydrogens is 220 g/mol. The Balaban J connectivity index is 1.83. The van der Waals surface area contributed by atoms with Crippen molar-refractivity contribution in [3.8, 4) is 0 Å². The van der Waals surface area contributed by atoms with Crippen LogP contribution in [0.25, 0.3) is 0 Å². The first-order valence-electron chi connectivity index (χ1n) is 8.41. The highest BCUT2D eigenvalue weighted by Crippen LogP contribution is 2.21. The predicted molar refractivity (Wildman–Crippen MR) is 79.0 cm³/mol. The summed E-state index contributed by atoms with van der Waals surface area (Å²) in [6.07, 6.45) is 16.0. The van der Waals surface area contributed by atoms with Gasteiger partial charge in [0.1, 0.15) is 0 Å². The molecule has 1 heterocycles. The van der Waals surface area contributed by atoms with E-state index in [9.17, 15) is 0 Å². The predicted octanol–water partition coefficient (Wildman–Crippen LogP) is 3.56. The first-order chi connectivity index (χ1) is 8.97. The summed E-state index contributed by atoms with van der Waals surface area (Å²) in [5.74, 6) is 0. The highest BCUT2D eigenvalue weighted by molar-refractivity contribution is 4.75. The molecule has 1 saturated carbocycles. The molecule has 18 heavy (non-hydrogen) atoms. The third-order valence-electron chi connectivity index (χ3n) is 4.72. The van der Waals surface area contributed by atoms with Gasteiger partial charge < -0.3 is 5.32 Å². The van der Waals surface area contributed by atoms with Crippen molar-refractivity contribution in [2.45, 2.75) is 76.7 Å². The fourth-order valence-corrected chi connectivity index (χ4v) is 3.54. The van der Waals surface area contributed by atoms with Gasteiger partial charge in [-0.2, -0.15) is 0 Å². The van der Waals surface area contributed by atoms with Gasteiger partial charge in [0, 0.05) is 19.1 Å². The van der Waals surface area contributed by atoms with E-state index in [1.807, 2.05) is 0 Å². The molecule has 0 unspecified atom stereocenters. The molecule has 0 aromatic heterocycles. The molecule has 0 radical (unpaired) electrons. The Bertz CT molecular complexity index is 163. The van der Waals surface area contributed by atoms with Crippen LogP contribution in [0.3, 0.4) is 0 Å². The van der Waals surface area contributed by atoms with Crippen molar-refractivity contribution in [2.75, 3.05) is 26.2 Å². The molecule has 2 rings (SSSR count). The van der Waals surface area contributed by atoms with E-state index in [1.165, 1.54) is 96.8 Å². The average Bonchev–Trinajstić information content (AvgIpc) is 2.61. The Morgan fingerprint density at radius 1 is 0.611 bits per heavy atom. The van der Waals surface area contributed by atoms with Crippen molar-refractivity contribution < 1.29 is 0 Å². The molecule has 2 heteroatoms. The van der Waals surface area contributed by atoms with Crippen LogP contribution >= 0.6 is 0 Å². The molecular formula is C16H32N2. The molecule has 0 bridgehead atoms. The fourth-order valence-electron chi connectivity index (χ4n) is 3.54. The van der Waals surface area contributed by atoms with Crippen molar-refractivity contribution in [3.05, 3.63) is 0 Å². The first-order valence-corrected chi connectivity index (χ1v) is 8.41. The lowest BCUT2D eigenvalue weighted by atomic mass is 10.0. The standard InChI is InChI=1S/C16H32N2/c1-2-4-7-11-16(10-6-3-1)18-14-9-5-8-12-17-13-15-18/h16-17H,1-15H2. The molecule has 1 aliphatic heterocycles. The normalized spacial score (nSPS) is 27.3. The van der Waals surface area contributed by atoms with Gasteiger partial charge in [0.25, 0.3) is 0 Å². The molecule has 2 nitrogen and oxygen atoms in total. The topological polar surface area (TPSA) is 15.3 Å². The lowest BCUT2D eigenvalue weighted by molar-refractivity contribution is 0.174. The summed E-state index contributed by atoms with van der Waals surface area (Å²) in [4.78, 5) is 2.81. The minimum atomic E-state index is 0.892. The zero-order valence-electron chi connectivity index (χ0n) is 12.1. The van der Waals surface area contributed by atoms with Crippen molar-refractivity contribution in [1.29, 1.82) is 0 Å². The largest absolute Gasteiger partial charge is 0.315 e. The minimum absolute atomic E-state index is 0.892. The van der Waals surface area contributed by atoms with E-state index in [0.29, 0.717) is 0 Å². The van der Waals surface area contributed by atoms with Gasteiger partial charge in [-0.25, -0.2) is 0 Å². The molecule has 1 N–H and O–H groups in total. The van der Waals surface area contributed by atoms with E-state index >= 15 is 0 Å². The summed E-state index contributed by atoms with van der Waals surface area (Å²) >= 11 is 0. The third kappa shape index (κ3) is 5.27. The van der Waals surface area contributed by atoms with Crippen molar-refractivity contribution in [1.82, 2.24) is 10.2 Å².